The number of hydrogen-bond donors (Lipinski definition) is 1. The van der Waals surface area contributed by atoms with Crippen molar-refractivity contribution in [3.63, 3.8) is 0 Å². The van der Waals surface area contributed by atoms with E-state index in [9.17, 15) is 18.0 Å². The molecule has 1 unspecified atom stereocenters. The molecule has 1 atom stereocenters. The second-order valence-corrected chi connectivity index (χ2v) is 5.42. The number of carbonyl (C=O) groups is 1. The van der Waals surface area contributed by atoms with Gasteiger partial charge in [-0.05, 0) is 37.1 Å². The normalized spacial score (nSPS) is 12.8. The van der Waals surface area contributed by atoms with Crippen LogP contribution in [0.1, 0.15) is 30.1 Å². The molecule has 0 spiro atoms. The molecule has 20 heavy (non-hydrogen) atoms. The van der Waals surface area contributed by atoms with E-state index in [2.05, 4.69) is 26.0 Å². The van der Waals surface area contributed by atoms with Gasteiger partial charge in [-0.1, -0.05) is 22.9 Å². The fraction of sp³-hybridized carbons (Fsp3) is 0.462. The molecule has 0 fully saturated rings. The molecule has 0 aromatic heterocycles. The highest BCUT2D eigenvalue weighted by Gasteiger charge is 2.31. The lowest BCUT2D eigenvalue weighted by molar-refractivity contribution is -0.274. The van der Waals surface area contributed by atoms with Crippen molar-refractivity contribution < 1.29 is 22.7 Å². The molecular formula is C13H15BrF3NO2. The molecular weight excluding hydrogens is 339 g/mol. The Balaban J connectivity index is 2.49. The van der Waals surface area contributed by atoms with Crippen molar-refractivity contribution in [2.45, 2.75) is 31.0 Å². The molecule has 7 heteroatoms. The molecule has 1 aromatic rings. The van der Waals surface area contributed by atoms with Gasteiger partial charge in [0, 0.05) is 16.9 Å². The Labute approximate surface area is 123 Å². The summed E-state index contributed by atoms with van der Waals surface area (Å²) < 4.78 is 39.6. The standard InChI is InChI=1S/C13H15BrF3NO2/c1-2-10(14)7-8-18-12(19)9-3-5-11(6-4-9)20-13(15,16)17/h3-6,10H,2,7-8H2,1H3,(H,18,19). The Hall–Kier alpha value is -1.24. The second-order valence-electron chi connectivity index (χ2n) is 4.12. The minimum Gasteiger partial charge on any atom is -0.406 e. The summed E-state index contributed by atoms with van der Waals surface area (Å²) in [6.45, 7) is 2.53. The molecule has 0 saturated heterocycles. The highest BCUT2D eigenvalue weighted by atomic mass is 79.9. The van der Waals surface area contributed by atoms with Gasteiger partial charge < -0.3 is 10.1 Å². The van der Waals surface area contributed by atoms with Crippen LogP contribution in [0.25, 0.3) is 0 Å². The number of halogens is 4. The van der Waals surface area contributed by atoms with Gasteiger partial charge in [0.25, 0.3) is 5.91 Å². The Bertz CT molecular complexity index is 434. The molecule has 1 rings (SSSR count). The van der Waals surface area contributed by atoms with Gasteiger partial charge in [-0.3, -0.25) is 4.79 Å². The lowest BCUT2D eigenvalue weighted by Gasteiger charge is -2.10. The zero-order chi connectivity index (χ0) is 15.2. The van der Waals surface area contributed by atoms with E-state index in [1.807, 2.05) is 6.92 Å². The molecule has 0 heterocycles. The molecule has 1 N–H and O–H groups in total. The number of ether oxygens (including phenoxy) is 1. The summed E-state index contributed by atoms with van der Waals surface area (Å²) in [7, 11) is 0. The van der Waals surface area contributed by atoms with Crippen LogP contribution in [0.3, 0.4) is 0 Å². The summed E-state index contributed by atoms with van der Waals surface area (Å²) in [4.78, 5) is 12.1. The van der Waals surface area contributed by atoms with Crippen LogP contribution in [0.15, 0.2) is 24.3 Å². The molecule has 1 amide bonds. The molecule has 0 aliphatic carbocycles. The van der Waals surface area contributed by atoms with Crippen LogP contribution in [0, 0.1) is 0 Å². The highest BCUT2D eigenvalue weighted by molar-refractivity contribution is 9.09. The van der Waals surface area contributed by atoms with Crippen molar-refractivity contribution in [2.75, 3.05) is 6.54 Å². The van der Waals surface area contributed by atoms with E-state index in [-0.39, 0.29) is 11.7 Å². The van der Waals surface area contributed by atoms with Gasteiger partial charge in [0.1, 0.15) is 5.75 Å². The summed E-state index contributed by atoms with van der Waals surface area (Å²) in [5, 5.41) is 2.70. The van der Waals surface area contributed by atoms with Crippen LogP contribution in [-0.4, -0.2) is 23.6 Å². The van der Waals surface area contributed by atoms with Crippen LogP contribution in [-0.2, 0) is 0 Å². The van der Waals surface area contributed by atoms with Crippen LogP contribution in [0.4, 0.5) is 13.2 Å². The fourth-order valence-electron chi connectivity index (χ4n) is 1.46. The lowest BCUT2D eigenvalue weighted by Crippen LogP contribution is -2.26. The fourth-order valence-corrected chi connectivity index (χ4v) is 1.69. The summed E-state index contributed by atoms with van der Waals surface area (Å²) in [5.41, 5.74) is 0.294. The molecule has 112 valence electrons. The van der Waals surface area contributed by atoms with E-state index < -0.39 is 6.36 Å². The lowest BCUT2D eigenvalue weighted by atomic mass is 10.2. The second kappa shape index (κ2) is 7.52. The van der Waals surface area contributed by atoms with Crippen LogP contribution < -0.4 is 10.1 Å². The number of alkyl halides is 4. The van der Waals surface area contributed by atoms with Gasteiger partial charge in [0.15, 0.2) is 0 Å². The van der Waals surface area contributed by atoms with Crippen LogP contribution in [0.5, 0.6) is 5.75 Å². The first-order chi connectivity index (χ1) is 9.31. The highest BCUT2D eigenvalue weighted by Crippen LogP contribution is 2.22. The number of rotatable bonds is 6. The number of nitrogens with one attached hydrogen (secondary N) is 1. The zero-order valence-electron chi connectivity index (χ0n) is 10.8. The maximum Gasteiger partial charge on any atom is 0.573 e. The third-order valence-electron chi connectivity index (χ3n) is 2.54. The van der Waals surface area contributed by atoms with Gasteiger partial charge in [0.2, 0.25) is 0 Å². The maximum atomic E-state index is 12.0. The van der Waals surface area contributed by atoms with Crippen molar-refractivity contribution in [3.05, 3.63) is 29.8 Å². The smallest absolute Gasteiger partial charge is 0.406 e. The monoisotopic (exact) mass is 353 g/mol. The topological polar surface area (TPSA) is 38.3 Å². The number of benzene rings is 1. The predicted molar refractivity (Wildman–Crippen MR) is 73.1 cm³/mol. The van der Waals surface area contributed by atoms with Crippen molar-refractivity contribution in [3.8, 4) is 5.75 Å². The van der Waals surface area contributed by atoms with E-state index in [1.165, 1.54) is 12.1 Å². The average Bonchev–Trinajstić information content (AvgIpc) is 2.37. The molecule has 0 bridgehead atoms. The molecule has 0 radical (unpaired) electrons. The quantitative estimate of drug-likeness (QED) is 0.788. The molecule has 0 aliphatic heterocycles. The first-order valence-corrected chi connectivity index (χ1v) is 7.01. The van der Waals surface area contributed by atoms with Crippen molar-refractivity contribution in [1.82, 2.24) is 5.32 Å². The van der Waals surface area contributed by atoms with E-state index >= 15 is 0 Å². The third kappa shape index (κ3) is 6.27. The Morgan fingerprint density at radius 3 is 2.45 bits per heavy atom. The zero-order valence-corrected chi connectivity index (χ0v) is 12.4. The SMILES string of the molecule is CCC(Br)CCNC(=O)c1ccc(OC(F)(F)F)cc1. The van der Waals surface area contributed by atoms with E-state index in [0.29, 0.717) is 16.9 Å². The van der Waals surface area contributed by atoms with E-state index in [0.717, 1.165) is 25.0 Å². The largest absolute Gasteiger partial charge is 0.573 e. The van der Waals surface area contributed by atoms with Crippen molar-refractivity contribution in [2.24, 2.45) is 0 Å². The van der Waals surface area contributed by atoms with Gasteiger partial charge in [-0.25, -0.2) is 0 Å². The summed E-state index contributed by atoms with van der Waals surface area (Å²) in [6.07, 6.45) is -2.98. The first kappa shape index (κ1) is 16.8. The maximum absolute atomic E-state index is 12.0. The number of hydrogen-bond acceptors (Lipinski definition) is 2. The van der Waals surface area contributed by atoms with Crippen LogP contribution in [0.2, 0.25) is 0 Å². The van der Waals surface area contributed by atoms with Gasteiger partial charge in [0.05, 0.1) is 0 Å². The van der Waals surface area contributed by atoms with Crippen molar-refractivity contribution in [1.29, 1.82) is 0 Å². The predicted octanol–water partition coefficient (Wildman–Crippen LogP) is 3.88. The van der Waals surface area contributed by atoms with Gasteiger partial charge in [-0.15, -0.1) is 13.2 Å². The number of carbonyl (C=O) groups excluding carboxylic acids is 1. The minimum absolute atomic E-state index is 0.294. The summed E-state index contributed by atoms with van der Waals surface area (Å²) in [6, 6.07) is 4.81. The average molecular weight is 354 g/mol. The van der Waals surface area contributed by atoms with Gasteiger partial charge in [-0.2, -0.15) is 0 Å². The van der Waals surface area contributed by atoms with E-state index in [1.54, 1.807) is 0 Å². The van der Waals surface area contributed by atoms with Crippen LogP contribution >= 0.6 is 15.9 Å². The van der Waals surface area contributed by atoms with Gasteiger partial charge >= 0.3 is 6.36 Å². The summed E-state index contributed by atoms with van der Waals surface area (Å²) in [5.74, 6) is -0.667. The molecule has 0 aliphatic rings. The number of amides is 1. The van der Waals surface area contributed by atoms with E-state index in [4.69, 9.17) is 0 Å². The Morgan fingerprint density at radius 2 is 1.95 bits per heavy atom. The van der Waals surface area contributed by atoms with Crippen molar-refractivity contribution >= 4 is 21.8 Å². The molecule has 0 saturated carbocycles. The first-order valence-electron chi connectivity index (χ1n) is 6.10. The molecule has 3 nitrogen and oxygen atoms in total. The Morgan fingerprint density at radius 1 is 1.35 bits per heavy atom. The summed E-state index contributed by atoms with van der Waals surface area (Å²) >= 11 is 3.45. The Kier molecular flexibility index (Phi) is 6.32. The third-order valence-corrected chi connectivity index (χ3v) is 3.64. The molecule has 1 aromatic carbocycles. The minimum atomic E-state index is -4.73.